The highest BCUT2D eigenvalue weighted by Crippen LogP contribution is 2.51. The first-order chi connectivity index (χ1) is 17.4. The smallest absolute Gasteiger partial charge is 0.281 e. The van der Waals surface area contributed by atoms with Gasteiger partial charge in [0.15, 0.2) is 0 Å². The van der Waals surface area contributed by atoms with E-state index in [0.29, 0.717) is 0 Å². The molecular weight excluding hydrogens is 664 g/mol. The van der Waals surface area contributed by atoms with Crippen LogP contribution in [0.5, 0.6) is 0 Å². The predicted molar refractivity (Wildman–Crippen MR) is 93.4 cm³/mol. The Kier molecular flexibility index (Phi) is 12.3. The van der Waals surface area contributed by atoms with E-state index in [4.69, 9.17) is 9.81 Å². The van der Waals surface area contributed by atoms with Crippen molar-refractivity contribution < 1.29 is 107 Å². The highest BCUT2D eigenvalue weighted by molar-refractivity contribution is 7.95. The summed E-state index contributed by atoms with van der Waals surface area (Å²) in [6.07, 6.45) is -34.9. The second-order valence-electron chi connectivity index (χ2n) is 7.33. The van der Waals surface area contributed by atoms with Crippen molar-refractivity contribution in [3.8, 4) is 0 Å². The van der Waals surface area contributed by atoms with Crippen molar-refractivity contribution in [2.24, 2.45) is 0 Å². The van der Waals surface area contributed by atoms with Crippen molar-refractivity contribution in [3.63, 3.8) is 0 Å². The van der Waals surface area contributed by atoms with Crippen molar-refractivity contribution in [1.29, 1.82) is 0 Å². The molecule has 0 heterocycles. The van der Waals surface area contributed by atoms with E-state index in [-0.39, 0.29) is 0 Å². The Morgan fingerprint density at radius 2 is 0.925 bits per heavy atom. The lowest BCUT2D eigenvalue weighted by molar-refractivity contribution is -0.461. The minimum absolute atomic E-state index is 0.894. The second kappa shape index (κ2) is 12.7. The SMILES string of the molecule is O=S(=O)(O)C(F)(F)C(F)(F)OC(F)(F)C(F)(F)CCCCCCC(F)(F)C(F)(F)OC(F)(F)C(F)(F)SOOO. The number of hydrogen-bond acceptors (Lipinski definition) is 8. The molecule has 0 spiro atoms. The molecule has 0 radical (unpaired) electrons. The van der Waals surface area contributed by atoms with E-state index in [2.05, 4.69) is 14.1 Å². The topological polar surface area (TPSA) is 112 Å². The molecule has 0 saturated heterocycles. The van der Waals surface area contributed by atoms with E-state index in [9.17, 15) is 78.7 Å². The highest BCUT2D eigenvalue weighted by Gasteiger charge is 2.74. The average molecular weight is 678 g/mol. The zero-order valence-corrected chi connectivity index (χ0v) is 20.1. The average Bonchev–Trinajstić information content (AvgIpc) is 2.71. The van der Waals surface area contributed by atoms with Crippen molar-refractivity contribution in [3.05, 3.63) is 0 Å². The van der Waals surface area contributed by atoms with Gasteiger partial charge >= 0.3 is 56.9 Å². The van der Waals surface area contributed by atoms with Gasteiger partial charge < -0.3 is 0 Å². The normalized spacial score (nSPS) is 15.6. The molecule has 8 nitrogen and oxygen atoms in total. The van der Waals surface area contributed by atoms with Crippen LogP contribution in [0.3, 0.4) is 0 Å². The van der Waals surface area contributed by atoms with Gasteiger partial charge in [-0.25, -0.2) is 14.7 Å². The van der Waals surface area contributed by atoms with Crippen molar-refractivity contribution in [1.82, 2.24) is 0 Å². The number of ether oxygens (including phenoxy) is 2. The summed E-state index contributed by atoms with van der Waals surface area (Å²) in [5.74, 6) is -11.4. The van der Waals surface area contributed by atoms with Gasteiger partial charge in [0.25, 0.3) is 0 Å². The first-order valence-corrected chi connectivity index (χ1v) is 11.7. The number of hydrogen-bond donors (Lipinski definition) is 2. The van der Waals surface area contributed by atoms with E-state index in [1.165, 1.54) is 0 Å². The fourth-order valence-electron chi connectivity index (χ4n) is 2.19. The highest BCUT2D eigenvalue weighted by atomic mass is 32.2. The van der Waals surface area contributed by atoms with E-state index in [1.54, 1.807) is 0 Å². The van der Waals surface area contributed by atoms with Gasteiger partial charge in [0.05, 0.1) is 0 Å². The molecule has 2 N–H and O–H groups in total. The molecule has 0 aliphatic rings. The zero-order chi connectivity index (χ0) is 32.3. The third kappa shape index (κ3) is 9.22. The molecule has 0 fully saturated rings. The van der Waals surface area contributed by atoms with Crippen LogP contribution in [0.15, 0.2) is 0 Å². The Bertz CT molecular complexity index is 931. The lowest BCUT2D eigenvalue weighted by Crippen LogP contribution is -2.55. The Morgan fingerprint density at radius 3 is 1.25 bits per heavy atom. The van der Waals surface area contributed by atoms with E-state index >= 15 is 0 Å². The van der Waals surface area contributed by atoms with Crippen LogP contribution in [0.1, 0.15) is 38.5 Å². The molecule has 0 unspecified atom stereocenters. The zero-order valence-electron chi connectivity index (χ0n) is 18.5. The summed E-state index contributed by atoms with van der Waals surface area (Å²) < 4.78 is 248. The van der Waals surface area contributed by atoms with Crippen LogP contribution < -0.4 is 0 Å². The van der Waals surface area contributed by atoms with Crippen LogP contribution in [-0.4, -0.2) is 65.0 Å². The molecule has 0 aromatic rings. The molecule has 0 aliphatic carbocycles. The van der Waals surface area contributed by atoms with Crippen LogP contribution in [0.25, 0.3) is 0 Å². The summed E-state index contributed by atoms with van der Waals surface area (Å²) in [6.45, 7) is 0. The number of unbranched alkanes of at least 4 members (excludes halogenated alkanes) is 3. The van der Waals surface area contributed by atoms with E-state index in [1.807, 2.05) is 4.74 Å². The van der Waals surface area contributed by atoms with Crippen molar-refractivity contribution in [2.75, 3.05) is 0 Å². The van der Waals surface area contributed by atoms with Crippen LogP contribution in [0.4, 0.5) is 70.2 Å². The number of halogens is 16. The van der Waals surface area contributed by atoms with Crippen LogP contribution in [0.2, 0.25) is 0 Å². The minimum atomic E-state index is -7.16. The summed E-state index contributed by atoms with van der Waals surface area (Å²) in [4.78, 5) is 0. The standard InChI is InChI=1S/C14H14F16O8S2/c15-7(16,9(19,20)35-11(23,24)13(27,28)39-38-37-31)5-3-1-2-4-6-8(17,18)10(21,22)36-12(25,26)14(29,30)40(32,33)34/h31H,1-6H2,(H,32,33,34). The Labute approximate surface area is 215 Å². The monoisotopic (exact) mass is 678 g/mol. The maximum absolute atomic E-state index is 13.6. The summed E-state index contributed by atoms with van der Waals surface area (Å²) >= 11 is -1.83. The van der Waals surface area contributed by atoms with Crippen LogP contribution in [0, 0.1) is 0 Å². The van der Waals surface area contributed by atoms with Gasteiger partial charge in [0.1, 0.15) is 12.0 Å². The third-order valence-electron chi connectivity index (χ3n) is 4.27. The molecular formula is C14H14F16O8S2. The van der Waals surface area contributed by atoms with Gasteiger partial charge in [0, 0.05) is 12.8 Å². The van der Waals surface area contributed by atoms with Gasteiger partial charge in [-0.1, -0.05) is 17.9 Å². The molecule has 40 heavy (non-hydrogen) atoms. The van der Waals surface area contributed by atoms with Gasteiger partial charge in [-0.3, -0.25) is 4.55 Å². The maximum atomic E-state index is 13.6. The van der Waals surface area contributed by atoms with Gasteiger partial charge in [-0.2, -0.15) is 78.7 Å². The fourth-order valence-corrected chi connectivity index (χ4v) is 2.78. The predicted octanol–water partition coefficient (Wildman–Crippen LogP) is 7.14. The van der Waals surface area contributed by atoms with Crippen LogP contribution >= 0.6 is 12.0 Å². The molecule has 0 aromatic carbocycles. The number of alkyl halides is 16. The maximum Gasteiger partial charge on any atom is 0.460 e. The molecule has 0 saturated carbocycles. The lowest BCUT2D eigenvalue weighted by Gasteiger charge is -2.32. The van der Waals surface area contributed by atoms with Gasteiger partial charge in [0.2, 0.25) is 0 Å². The third-order valence-corrected chi connectivity index (χ3v) is 5.73. The Morgan fingerprint density at radius 1 is 0.575 bits per heavy atom. The summed E-state index contributed by atoms with van der Waals surface area (Å²) in [5, 5.41) is -2.56. The van der Waals surface area contributed by atoms with Gasteiger partial charge in [-0.05, 0) is 12.8 Å². The van der Waals surface area contributed by atoms with E-state index < -0.39 is 107 Å². The number of rotatable bonds is 19. The summed E-state index contributed by atoms with van der Waals surface area (Å²) in [7, 11) is -7.16. The largest absolute Gasteiger partial charge is 0.460 e. The van der Waals surface area contributed by atoms with Gasteiger partial charge in [-0.15, -0.1) is 4.33 Å². The molecule has 0 amide bonds. The molecule has 0 rings (SSSR count). The first-order valence-electron chi connectivity index (χ1n) is 9.49. The van der Waals surface area contributed by atoms with E-state index in [0.717, 1.165) is 0 Å². The molecule has 0 bridgehead atoms. The lowest BCUT2D eigenvalue weighted by atomic mass is 10.0. The minimum Gasteiger partial charge on any atom is -0.281 e. The van der Waals surface area contributed by atoms with Crippen LogP contribution in [-0.2, 0) is 29.0 Å². The quantitative estimate of drug-likeness (QED) is 0.0368. The van der Waals surface area contributed by atoms with Crippen molar-refractivity contribution >= 4 is 22.2 Å². The Balaban J connectivity index is 5.05. The first kappa shape index (κ1) is 38.9. The Hall–Kier alpha value is -1.06. The molecule has 0 atom stereocenters. The summed E-state index contributed by atoms with van der Waals surface area (Å²) in [5.41, 5.74) is 0. The fraction of sp³-hybridized carbons (Fsp3) is 1.00. The van der Waals surface area contributed by atoms with Crippen molar-refractivity contribution in [2.45, 2.75) is 85.3 Å². The molecule has 26 heteroatoms. The molecule has 0 aromatic heterocycles. The molecule has 242 valence electrons. The molecule has 0 aliphatic heterocycles. The summed E-state index contributed by atoms with van der Waals surface area (Å²) in [6, 6.07) is 0. The second-order valence-corrected chi connectivity index (χ2v) is 9.61.